The summed E-state index contributed by atoms with van der Waals surface area (Å²) in [6, 6.07) is 32.4. The van der Waals surface area contributed by atoms with Crippen LogP contribution in [0, 0.1) is 0 Å². The molecule has 2 atom stereocenters. The molecule has 1 N–H and O–H groups in total. The summed E-state index contributed by atoms with van der Waals surface area (Å²) in [5, 5.41) is -0.362. The number of carbonyl (C=O) groups excluding carboxylic acids is 1. The SMILES string of the molecule is O=C(c1ccccc1)C(C/C=C/c1ccccc1)(Cc1cccc(P(=O)(O)C(F)F)c1Br)c1ccccc1. The number of hydrogen-bond acceptors (Lipinski definition) is 2. The van der Waals surface area contributed by atoms with Gasteiger partial charge in [0.2, 0.25) is 0 Å². The predicted octanol–water partition coefficient (Wildman–Crippen LogP) is 8.03. The second-order valence-electron chi connectivity index (χ2n) is 8.99. The Kier molecular flexibility index (Phi) is 8.88. The van der Waals surface area contributed by atoms with Gasteiger partial charge in [-0.15, -0.1) is 0 Å². The van der Waals surface area contributed by atoms with Crippen LogP contribution < -0.4 is 5.30 Å². The summed E-state index contributed by atoms with van der Waals surface area (Å²) in [6.45, 7) is 0. The molecule has 3 nitrogen and oxygen atoms in total. The molecular weight excluding hydrogens is 569 g/mol. The van der Waals surface area contributed by atoms with Crippen molar-refractivity contribution in [2.45, 2.75) is 24.4 Å². The van der Waals surface area contributed by atoms with Crippen molar-refractivity contribution in [3.05, 3.63) is 142 Å². The first-order chi connectivity index (χ1) is 18.3. The average molecular weight is 595 g/mol. The minimum absolute atomic E-state index is 0.111. The maximum absolute atomic E-state index is 14.3. The second kappa shape index (κ2) is 12.1. The predicted molar refractivity (Wildman–Crippen MR) is 152 cm³/mol. The number of ketones is 1. The van der Waals surface area contributed by atoms with Crippen molar-refractivity contribution in [1.82, 2.24) is 0 Å². The fourth-order valence-electron chi connectivity index (χ4n) is 4.56. The smallest absolute Gasteiger partial charge is 0.316 e. The zero-order valence-corrected chi connectivity index (χ0v) is 22.9. The summed E-state index contributed by atoms with van der Waals surface area (Å²) in [5.41, 5.74) is 1.60. The lowest BCUT2D eigenvalue weighted by Crippen LogP contribution is -2.38. The zero-order valence-electron chi connectivity index (χ0n) is 20.4. The van der Waals surface area contributed by atoms with Crippen LogP contribution >= 0.6 is 23.3 Å². The lowest BCUT2D eigenvalue weighted by Gasteiger charge is -2.33. The Balaban J connectivity index is 1.89. The van der Waals surface area contributed by atoms with Crippen LogP contribution in [0.4, 0.5) is 8.78 Å². The molecule has 0 aliphatic carbocycles. The van der Waals surface area contributed by atoms with Crippen LogP contribution in [0.25, 0.3) is 6.08 Å². The molecule has 4 aromatic rings. The van der Waals surface area contributed by atoms with Gasteiger partial charge in [0, 0.05) is 10.0 Å². The number of rotatable bonds is 10. The largest absolute Gasteiger partial charge is 0.337 e. The first-order valence-corrected chi connectivity index (χ1v) is 14.5. The standard InChI is InChI=1S/C31H26BrF2O3P/c32-28-25(17-10-20-27(28)38(36,37)30(33)34)22-31(26-18-8-3-9-19-26,29(35)24-15-6-2-7-16-24)21-11-14-23-12-4-1-5-13-23/h1-20,30H,21-22H2,(H,36,37)/b14-11+. The van der Waals surface area contributed by atoms with E-state index in [0.29, 0.717) is 17.5 Å². The highest BCUT2D eigenvalue weighted by atomic mass is 79.9. The van der Waals surface area contributed by atoms with E-state index in [9.17, 15) is 23.0 Å². The quantitative estimate of drug-likeness (QED) is 0.149. The van der Waals surface area contributed by atoms with E-state index in [4.69, 9.17) is 0 Å². The number of alkyl halides is 2. The lowest BCUT2D eigenvalue weighted by molar-refractivity contribution is 0.0882. The monoisotopic (exact) mass is 594 g/mol. The van der Waals surface area contributed by atoms with Gasteiger partial charge in [-0.3, -0.25) is 9.36 Å². The third kappa shape index (κ3) is 5.94. The number of Topliss-reactive ketones (excluding diaryl/α,β-unsaturated/α-hetero) is 1. The number of benzene rings is 4. The van der Waals surface area contributed by atoms with Gasteiger partial charge in [0.15, 0.2) is 5.78 Å². The van der Waals surface area contributed by atoms with Gasteiger partial charge in [-0.2, -0.15) is 8.78 Å². The van der Waals surface area contributed by atoms with E-state index in [1.807, 2.05) is 78.9 Å². The Bertz CT molecular complexity index is 1460. The van der Waals surface area contributed by atoms with Crippen LogP contribution in [0.1, 0.15) is 33.5 Å². The van der Waals surface area contributed by atoms with Crippen LogP contribution in [0.5, 0.6) is 0 Å². The number of allylic oxidation sites excluding steroid dienone is 1. The minimum atomic E-state index is -4.94. The lowest BCUT2D eigenvalue weighted by atomic mass is 9.68. The summed E-state index contributed by atoms with van der Waals surface area (Å²) >= 11 is 3.33. The number of hydrogen-bond donors (Lipinski definition) is 1. The van der Waals surface area contributed by atoms with Gasteiger partial charge in [0.1, 0.15) is 0 Å². The normalized spacial score (nSPS) is 14.8. The molecule has 4 aromatic carbocycles. The molecule has 2 unspecified atom stereocenters. The van der Waals surface area contributed by atoms with Gasteiger partial charge in [-0.1, -0.05) is 115 Å². The molecule has 7 heteroatoms. The Labute approximate surface area is 229 Å². The molecule has 0 heterocycles. The highest BCUT2D eigenvalue weighted by molar-refractivity contribution is 9.10. The Morgan fingerprint density at radius 3 is 2.05 bits per heavy atom. The molecule has 0 amide bonds. The second-order valence-corrected chi connectivity index (χ2v) is 11.9. The fraction of sp³-hybridized carbons (Fsp3) is 0.129. The van der Waals surface area contributed by atoms with Gasteiger partial charge >= 0.3 is 6.17 Å². The van der Waals surface area contributed by atoms with E-state index in [-0.39, 0.29) is 22.0 Å². The topological polar surface area (TPSA) is 54.4 Å². The molecule has 194 valence electrons. The fourth-order valence-corrected chi connectivity index (χ4v) is 6.66. The summed E-state index contributed by atoms with van der Waals surface area (Å²) in [4.78, 5) is 24.5. The van der Waals surface area contributed by atoms with E-state index >= 15 is 0 Å². The van der Waals surface area contributed by atoms with E-state index in [1.165, 1.54) is 12.1 Å². The summed E-state index contributed by atoms with van der Waals surface area (Å²) in [7, 11) is -4.94. The molecule has 0 aliphatic heterocycles. The van der Waals surface area contributed by atoms with Crippen LogP contribution in [-0.4, -0.2) is 16.8 Å². The van der Waals surface area contributed by atoms with Crippen molar-refractivity contribution < 1.29 is 23.0 Å². The summed E-state index contributed by atoms with van der Waals surface area (Å²) in [5.74, 6) is -0.139. The molecular formula is C31H26BrF2O3P. The Morgan fingerprint density at radius 1 is 0.868 bits per heavy atom. The van der Waals surface area contributed by atoms with Crippen LogP contribution in [-0.2, 0) is 16.4 Å². The number of halogens is 3. The van der Waals surface area contributed by atoms with Crippen molar-refractivity contribution in [3.63, 3.8) is 0 Å². The van der Waals surface area contributed by atoms with Crippen molar-refractivity contribution in [1.29, 1.82) is 0 Å². The van der Waals surface area contributed by atoms with E-state index in [2.05, 4.69) is 15.9 Å². The zero-order chi connectivity index (χ0) is 27.2. The third-order valence-electron chi connectivity index (χ3n) is 6.53. The van der Waals surface area contributed by atoms with Crippen molar-refractivity contribution >= 4 is 40.5 Å². The van der Waals surface area contributed by atoms with Crippen LogP contribution in [0.15, 0.2) is 120 Å². The maximum atomic E-state index is 14.3. The first kappa shape index (κ1) is 27.8. The van der Waals surface area contributed by atoms with Gasteiger partial charge in [0.25, 0.3) is 7.37 Å². The Morgan fingerprint density at radius 2 is 1.45 bits per heavy atom. The van der Waals surface area contributed by atoms with E-state index in [1.54, 1.807) is 30.3 Å². The molecule has 0 fully saturated rings. The molecule has 0 saturated heterocycles. The molecule has 0 bridgehead atoms. The average Bonchev–Trinajstić information content (AvgIpc) is 2.94. The molecule has 0 spiro atoms. The molecule has 38 heavy (non-hydrogen) atoms. The third-order valence-corrected chi connectivity index (χ3v) is 9.37. The summed E-state index contributed by atoms with van der Waals surface area (Å²) < 4.78 is 39.6. The van der Waals surface area contributed by atoms with Crippen molar-refractivity contribution in [2.75, 3.05) is 0 Å². The van der Waals surface area contributed by atoms with E-state index < -0.39 is 19.0 Å². The maximum Gasteiger partial charge on any atom is 0.316 e. The molecule has 0 aliphatic rings. The van der Waals surface area contributed by atoms with Crippen LogP contribution in [0.2, 0.25) is 0 Å². The van der Waals surface area contributed by atoms with Gasteiger partial charge in [0.05, 0.1) is 10.7 Å². The minimum Gasteiger partial charge on any atom is -0.337 e. The Hall–Kier alpha value is -3.18. The van der Waals surface area contributed by atoms with Gasteiger partial charge in [-0.25, -0.2) is 0 Å². The molecule has 4 rings (SSSR count). The molecule has 0 aromatic heterocycles. The van der Waals surface area contributed by atoms with Crippen LogP contribution in [0.3, 0.4) is 0 Å². The highest BCUT2D eigenvalue weighted by Crippen LogP contribution is 2.49. The molecule has 0 radical (unpaired) electrons. The number of carbonyl (C=O) groups is 1. The molecule has 0 saturated carbocycles. The van der Waals surface area contributed by atoms with Gasteiger partial charge in [-0.05, 0) is 51.5 Å². The van der Waals surface area contributed by atoms with Crippen molar-refractivity contribution in [3.8, 4) is 0 Å². The first-order valence-electron chi connectivity index (χ1n) is 12.0. The summed E-state index contributed by atoms with van der Waals surface area (Å²) in [6.07, 6.45) is 0.883. The van der Waals surface area contributed by atoms with Gasteiger partial charge < -0.3 is 4.89 Å². The highest BCUT2D eigenvalue weighted by Gasteiger charge is 2.41. The van der Waals surface area contributed by atoms with Crippen molar-refractivity contribution in [2.24, 2.45) is 0 Å². The van der Waals surface area contributed by atoms with E-state index in [0.717, 1.165) is 11.1 Å².